The molecular formula is C18H14F2N2OS. The van der Waals surface area contributed by atoms with Gasteiger partial charge in [0.05, 0.1) is 6.54 Å². The fourth-order valence-electron chi connectivity index (χ4n) is 2.33. The van der Waals surface area contributed by atoms with Crippen LogP contribution in [0.5, 0.6) is 0 Å². The number of Topliss-reactive ketones (excluding diaryl/α,β-unsaturated/α-hetero) is 1. The summed E-state index contributed by atoms with van der Waals surface area (Å²) < 4.78 is 27.4. The lowest BCUT2D eigenvalue weighted by atomic mass is 10.1. The second-order valence-corrected chi connectivity index (χ2v) is 6.48. The molecule has 0 radical (unpaired) electrons. The molecule has 0 saturated heterocycles. The molecular weight excluding hydrogens is 330 g/mol. The van der Waals surface area contributed by atoms with Gasteiger partial charge in [-0.2, -0.15) is 0 Å². The highest BCUT2D eigenvalue weighted by Gasteiger charge is 2.10. The lowest BCUT2D eigenvalue weighted by molar-refractivity contribution is 0.0971. The predicted octanol–water partition coefficient (Wildman–Crippen LogP) is 3.78. The monoisotopic (exact) mass is 344 g/mol. The van der Waals surface area contributed by atoms with Crippen molar-refractivity contribution in [3.8, 4) is 0 Å². The first-order chi connectivity index (χ1) is 11.5. The van der Waals surface area contributed by atoms with E-state index in [1.54, 1.807) is 22.9 Å². The highest BCUT2D eigenvalue weighted by molar-refractivity contribution is 7.09. The molecule has 6 heteroatoms. The average molecular weight is 344 g/mol. The van der Waals surface area contributed by atoms with Gasteiger partial charge in [0.2, 0.25) is 0 Å². The van der Waals surface area contributed by atoms with Crippen molar-refractivity contribution >= 4 is 17.1 Å². The predicted molar refractivity (Wildman–Crippen MR) is 88.1 cm³/mol. The maximum atomic E-state index is 12.9. The third-order valence-corrected chi connectivity index (χ3v) is 4.50. The number of carbonyl (C=O) groups excluding carboxylic acids is 1. The van der Waals surface area contributed by atoms with Crippen LogP contribution in [0.1, 0.15) is 20.8 Å². The Morgan fingerprint density at radius 3 is 2.21 bits per heavy atom. The van der Waals surface area contributed by atoms with Crippen molar-refractivity contribution in [1.29, 1.82) is 5.41 Å². The van der Waals surface area contributed by atoms with Gasteiger partial charge in [-0.25, -0.2) is 8.78 Å². The molecule has 24 heavy (non-hydrogen) atoms. The molecule has 0 aliphatic carbocycles. The highest BCUT2D eigenvalue weighted by atomic mass is 32.1. The Labute approximate surface area is 141 Å². The number of aromatic nitrogens is 1. The van der Waals surface area contributed by atoms with Crippen LogP contribution in [0.15, 0.2) is 54.7 Å². The molecule has 122 valence electrons. The molecule has 0 spiro atoms. The van der Waals surface area contributed by atoms with E-state index in [0.29, 0.717) is 12.0 Å². The highest BCUT2D eigenvalue weighted by Crippen LogP contribution is 2.13. The zero-order valence-electron chi connectivity index (χ0n) is 12.6. The number of thiazole rings is 1. The summed E-state index contributed by atoms with van der Waals surface area (Å²) in [6, 6.07) is 11.6. The molecule has 3 nitrogen and oxygen atoms in total. The van der Waals surface area contributed by atoms with Crippen molar-refractivity contribution in [3.05, 3.63) is 87.2 Å². The Morgan fingerprint density at radius 2 is 1.58 bits per heavy atom. The average Bonchev–Trinajstić information content (AvgIpc) is 2.89. The Bertz CT molecular complexity index is 911. The van der Waals surface area contributed by atoms with E-state index in [0.717, 1.165) is 10.4 Å². The number of hydrogen-bond acceptors (Lipinski definition) is 3. The first-order valence-corrected chi connectivity index (χ1v) is 8.10. The van der Waals surface area contributed by atoms with Crippen LogP contribution in [0.3, 0.4) is 0 Å². The van der Waals surface area contributed by atoms with Gasteiger partial charge in [-0.05, 0) is 42.0 Å². The third kappa shape index (κ3) is 3.83. The first kappa shape index (κ1) is 16.3. The van der Waals surface area contributed by atoms with Gasteiger partial charge in [0.15, 0.2) is 10.6 Å². The van der Waals surface area contributed by atoms with E-state index in [2.05, 4.69) is 0 Å². The smallest absolute Gasteiger partial charge is 0.182 e. The Kier molecular flexibility index (Phi) is 4.66. The van der Waals surface area contributed by atoms with Gasteiger partial charge >= 0.3 is 0 Å². The van der Waals surface area contributed by atoms with E-state index in [9.17, 15) is 13.6 Å². The van der Waals surface area contributed by atoms with Crippen molar-refractivity contribution in [3.63, 3.8) is 0 Å². The van der Waals surface area contributed by atoms with Crippen molar-refractivity contribution in [2.24, 2.45) is 0 Å². The summed E-state index contributed by atoms with van der Waals surface area (Å²) >= 11 is 1.28. The zero-order valence-corrected chi connectivity index (χ0v) is 13.4. The van der Waals surface area contributed by atoms with Crippen molar-refractivity contribution < 1.29 is 13.6 Å². The molecule has 0 aliphatic rings. The minimum Gasteiger partial charge on any atom is -0.316 e. The standard InChI is InChI=1S/C18H14F2N2OS/c19-14-5-1-12(2-6-14)9-16-10-22(18(21)24-16)11-17(23)13-3-7-15(20)8-4-13/h1-8,10,21H,9,11H2. The SMILES string of the molecule is N=c1sc(Cc2ccc(F)cc2)cn1CC(=O)c1ccc(F)cc1. The number of ketones is 1. The van der Waals surface area contributed by atoms with Gasteiger partial charge in [-0.1, -0.05) is 12.1 Å². The molecule has 0 aliphatic heterocycles. The third-order valence-electron chi connectivity index (χ3n) is 3.56. The van der Waals surface area contributed by atoms with E-state index in [-0.39, 0.29) is 22.9 Å². The van der Waals surface area contributed by atoms with E-state index in [1.165, 1.54) is 47.7 Å². The summed E-state index contributed by atoms with van der Waals surface area (Å²) in [4.78, 5) is 13.4. The molecule has 0 amide bonds. The Hall–Kier alpha value is -2.60. The molecule has 0 unspecified atom stereocenters. The summed E-state index contributed by atoms with van der Waals surface area (Å²) in [5.74, 6) is -0.858. The Balaban J connectivity index is 1.74. The quantitative estimate of drug-likeness (QED) is 0.704. The van der Waals surface area contributed by atoms with Gasteiger partial charge in [-0.15, -0.1) is 11.3 Å². The topological polar surface area (TPSA) is 45.9 Å². The van der Waals surface area contributed by atoms with Crippen molar-refractivity contribution in [2.75, 3.05) is 0 Å². The minimum atomic E-state index is -0.391. The lowest BCUT2D eigenvalue weighted by Gasteiger charge is -2.02. The number of rotatable bonds is 5. The molecule has 0 bridgehead atoms. The van der Waals surface area contributed by atoms with Crippen LogP contribution in [0.4, 0.5) is 8.78 Å². The maximum absolute atomic E-state index is 12.9. The largest absolute Gasteiger partial charge is 0.316 e. The summed E-state index contributed by atoms with van der Waals surface area (Å²) in [5.41, 5.74) is 1.35. The van der Waals surface area contributed by atoms with Crippen LogP contribution in [0.2, 0.25) is 0 Å². The van der Waals surface area contributed by atoms with Crippen LogP contribution in [0.25, 0.3) is 0 Å². The molecule has 1 aromatic heterocycles. The number of halogens is 2. The lowest BCUT2D eigenvalue weighted by Crippen LogP contribution is -2.18. The Morgan fingerprint density at radius 1 is 1.00 bits per heavy atom. The number of nitrogens with one attached hydrogen (secondary N) is 1. The number of carbonyl (C=O) groups is 1. The normalized spacial score (nSPS) is 10.8. The summed E-state index contributed by atoms with van der Waals surface area (Å²) in [6.07, 6.45) is 2.34. The second kappa shape index (κ2) is 6.88. The summed E-state index contributed by atoms with van der Waals surface area (Å²) in [7, 11) is 0. The van der Waals surface area contributed by atoms with Crippen LogP contribution in [0, 0.1) is 17.0 Å². The van der Waals surface area contributed by atoms with Gasteiger partial charge in [-0.3, -0.25) is 10.2 Å². The molecule has 1 heterocycles. The van der Waals surface area contributed by atoms with Crippen LogP contribution >= 0.6 is 11.3 Å². The molecule has 0 atom stereocenters. The molecule has 3 rings (SSSR count). The fourth-order valence-corrected chi connectivity index (χ4v) is 3.23. The first-order valence-electron chi connectivity index (χ1n) is 7.28. The van der Waals surface area contributed by atoms with Crippen LogP contribution in [-0.2, 0) is 13.0 Å². The van der Waals surface area contributed by atoms with Crippen molar-refractivity contribution in [1.82, 2.24) is 4.57 Å². The van der Waals surface area contributed by atoms with E-state index in [1.807, 2.05) is 0 Å². The maximum Gasteiger partial charge on any atom is 0.182 e. The second-order valence-electron chi connectivity index (χ2n) is 5.36. The molecule has 2 aromatic carbocycles. The van der Waals surface area contributed by atoms with Crippen molar-refractivity contribution in [2.45, 2.75) is 13.0 Å². The molecule has 1 N–H and O–H groups in total. The van der Waals surface area contributed by atoms with Crippen LogP contribution in [-0.4, -0.2) is 10.4 Å². The van der Waals surface area contributed by atoms with E-state index in [4.69, 9.17) is 5.41 Å². The van der Waals surface area contributed by atoms with E-state index < -0.39 is 5.82 Å². The van der Waals surface area contributed by atoms with E-state index >= 15 is 0 Å². The van der Waals surface area contributed by atoms with Gasteiger partial charge < -0.3 is 4.57 Å². The van der Waals surface area contributed by atoms with Crippen LogP contribution < -0.4 is 4.80 Å². The molecule has 3 aromatic rings. The number of nitrogens with zero attached hydrogens (tertiary/aromatic N) is 1. The minimum absolute atomic E-state index is 0.0321. The van der Waals surface area contributed by atoms with Gasteiger partial charge in [0, 0.05) is 23.1 Å². The molecule has 0 fully saturated rings. The summed E-state index contributed by atoms with van der Waals surface area (Å²) in [6.45, 7) is 0.0321. The zero-order chi connectivity index (χ0) is 17.1. The fraction of sp³-hybridized carbons (Fsp3) is 0.111. The number of hydrogen-bond donors (Lipinski definition) is 1. The summed E-state index contributed by atoms with van der Waals surface area (Å²) in [5, 5.41) is 7.99. The number of benzene rings is 2. The molecule has 0 saturated carbocycles. The van der Waals surface area contributed by atoms with Gasteiger partial charge in [0.25, 0.3) is 0 Å². The van der Waals surface area contributed by atoms with Gasteiger partial charge in [0.1, 0.15) is 11.6 Å².